The zero-order valence-corrected chi connectivity index (χ0v) is 12.8. The third-order valence-corrected chi connectivity index (χ3v) is 3.88. The van der Waals surface area contributed by atoms with Gasteiger partial charge in [-0.05, 0) is 48.1 Å². The minimum absolute atomic E-state index is 0.182. The van der Waals surface area contributed by atoms with E-state index in [0.717, 1.165) is 11.3 Å². The molecule has 2 aromatic rings. The van der Waals surface area contributed by atoms with Crippen LogP contribution in [0.15, 0.2) is 54.2 Å². The van der Waals surface area contributed by atoms with Gasteiger partial charge in [0.1, 0.15) is 5.70 Å². The van der Waals surface area contributed by atoms with E-state index in [9.17, 15) is 4.79 Å². The van der Waals surface area contributed by atoms with E-state index in [-0.39, 0.29) is 12.7 Å². The molecular weight excluding hydrogens is 312 g/mol. The second kappa shape index (κ2) is 5.40. The van der Waals surface area contributed by atoms with Gasteiger partial charge < -0.3 is 14.8 Å². The predicted molar refractivity (Wildman–Crippen MR) is 90.2 cm³/mol. The van der Waals surface area contributed by atoms with Crippen molar-refractivity contribution in [3.63, 3.8) is 0 Å². The Morgan fingerprint density at radius 1 is 1.09 bits per heavy atom. The Kier molecular flexibility index (Phi) is 3.24. The van der Waals surface area contributed by atoms with Gasteiger partial charge >= 0.3 is 0 Å². The van der Waals surface area contributed by atoms with Crippen LogP contribution in [0.5, 0.6) is 11.5 Å². The molecule has 0 radical (unpaired) electrons. The Hall–Kier alpha value is -2.86. The monoisotopic (exact) mass is 324 g/mol. The van der Waals surface area contributed by atoms with Crippen molar-refractivity contribution in [2.24, 2.45) is 0 Å². The molecule has 2 aromatic carbocycles. The van der Waals surface area contributed by atoms with Crippen molar-refractivity contribution in [3.8, 4) is 11.5 Å². The van der Waals surface area contributed by atoms with Crippen molar-refractivity contribution >= 4 is 35.0 Å². The van der Waals surface area contributed by atoms with Gasteiger partial charge in [-0.25, -0.2) is 0 Å². The van der Waals surface area contributed by atoms with Gasteiger partial charge in [-0.2, -0.15) is 0 Å². The summed E-state index contributed by atoms with van der Waals surface area (Å²) in [5.74, 6) is 1.20. The van der Waals surface area contributed by atoms with E-state index >= 15 is 0 Å². The van der Waals surface area contributed by atoms with Gasteiger partial charge in [-0.1, -0.05) is 24.3 Å². The van der Waals surface area contributed by atoms with Crippen LogP contribution in [-0.2, 0) is 4.79 Å². The highest BCUT2D eigenvalue weighted by atomic mass is 32.1. The Morgan fingerprint density at radius 2 is 1.87 bits per heavy atom. The fourth-order valence-corrected chi connectivity index (χ4v) is 2.81. The number of carbonyl (C=O) groups is 1. The molecule has 5 nitrogen and oxygen atoms in total. The molecule has 1 amide bonds. The Balaban J connectivity index is 1.65. The molecule has 0 unspecified atom stereocenters. The molecule has 114 valence electrons. The van der Waals surface area contributed by atoms with Crippen LogP contribution >= 0.6 is 12.2 Å². The van der Waals surface area contributed by atoms with Crippen LogP contribution in [0.1, 0.15) is 5.56 Å². The lowest BCUT2D eigenvalue weighted by molar-refractivity contribution is -0.113. The lowest BCUT2D eigenvalue weighted by Gasteiger charge is -2.13. The van der Waals surface area contributed by atoms with Crippen molar-refractivity contribution in [1.82, 2.24) is 5.32 Å². The molecule has 1 N–H and O–H groups in total. The quantitative estimate of drug-likeness (QED) is 0.680. The van der Waals surface area contributed by atoms with E-state index in [1.807, 2.05) is 48.5 Å². The molecule has 4 rings (SSSR count). The second-order valence-corrected chi connectivity index (χ2v) is 5.46. The van der Waals surface area contributed by atoms with Crippen LogP contribution in [0.25, 0.3) is 6.08 Å². The maximum absolute atomic E-state index is 12.6. The van der Waals surface area contributed by atoms with E-state index in [1.54, 1.807) is 6.08 Å². The number of ether oxygens (including phenoxy) is 2. The Bertz CT molecular complexity index is 833. The van der Waals surface area contributed by atoms with E-state index in [0.29, 0.717) is 22.3 Å². The first-order valence-electron chi connectivity index (χ1n) is 7.04. The topological polar surface area (TPSA) is 50.8 Å². The van der Waals surface area contributed by atoms with Crippen LogP contribution in [-0.4, -0.2) is 17.8 Å². The summed E-state index contributed by atoms with van der Waals surface area (Å²) < 4.78 is 10.6. The molecule has 2 aliphatic heterocycles. The minimum Gasteiger partial charge on any atom is -0.454 e. The summed E-state index contributed by atoms with van der Waals surface area (Å²) in [6, 6.07) is 14.8. The lowest BCUT2D eigenvalue weighted by Crippen LogP contribution is -2.30. The summed E-state index contributed by atoms with van der Waals surface area (Å²) in [5.41, 5.74) is 2.00. The smallest absolute Gasteiger partial charge is 0.281 e. The van der Waals surface area contributed by atoms with Gasteiger partial charge in [0.15, 0.2) is 16.6 Å². The number of hydrogen-bond acceptors (Lipinski definition) is 4. The Morgan fingerprint density at radius 3 is 2.70 bits per heavy atom. The number of para-hydroxylation sites is 1. The van der Waals surface area contributed by atoms with Crippen LogP contribution in [0.4, 0.5) is 5.69 Å². The summed E-state index contributed by atoms with van der Waals surface area (Å²) in [7, 11) is 0. The summed E-state index contributed by atoms with van der Waals surface area (Å²) in [6.45, 7) is 0.221. The van der Waals surface area contributed by atoms with Gasteiger partial charge in [-0.15, -0.1) is 0 Å². The fraction of sp³-hybridized carbons (Fsp3) is 0.0588. The van der Waals surface area contributed by atoms with Crippen LogP contribution < -0.4 is 19.7 Å². The predicted octanol–water partition coefficient (Wildman–Crippen LogP) is 2.68. The van der Waals surface area contributed by atoms with Crippen LogP contribution in [0.3, 0.4) is 0 Å². The first-order valence-corrected chi connectivity index (χ1v) is 7.45. The van der Waals surface area contributed by atoms with E-state index in [4.69, 9.17) is 21.7 Å². The number of fused-ring (bicyclic) bond motifs is 1. The molecule has 6 heteroatoms. The number of anilines is 1. The van der Waals surface area contributed by atoms with E-state index < -0.39 is 0 Å². The zero-order valence-electron chi connectivity index (χ0n) is 12.0. The van der Waals surface area contributed by atoms with Gasteiger partial charge in [0, 0.05) is 0 Å². The maximum atomic E-state index is 12.6. The van der Waals surface area contributed by atoms with Crippen molar-refractivity contribution in [3.05, 3.63) is 59.8 Å². The Labute approximate surface area is 138 Å². The molecule has 2 aliphatic rings. The van der Waals surface area contributed by atoms with Crippen molar-refractivity contribution in [2.45, 2.75) is 0 Å². The second-order valence-electron chi connectivity index (χ2n) is 5.08. The third-order valence-electron chi connectivity index (χ3n) is 3.60. The van der Waals surface area contributed by atoms with Gasteiger partial charge in [-0.3, -0.25) is 9.69 Å². The van der Waals surface area contributed by atoms with Crippen molar-refractivity contribution in [1.29, 1.82) is 0 Å². The van der Waals surface area contributed by atoms with E-state index in [2.05, 4.69) is 5.32 Å². The average Bonchev–Trinajstić information content (AvgIpc) is 3.13. The lowest BCUT2D eigenvalue weighted by atomic mass is 10.1. The SMILES string of the molecule is O=C1/C(=C\c2ccc3c(c2)OCO3)NC(=S)N1c1ccccc1. The number of thiocarbonyl (C=S) groups is 1. The van der Waals surface area contributed by atoms with E-state index in [1.165, 1.54) is 4.90 Å². The number of benzene rings is 2. The number of nitrogens with zero attached hydrogens (tertiary/aromatic N) is 1. The van der Waals surface area contributed by atoms with Crippen LogP contribution in [0, 0.1) is 0 Å². The van der Waals surface area contributed by atoms with Gasteiger partial charge in [0.05, 0.1) is 5.69 Å². The number of rotatable bonds is 2. The number of amides is 1. The molecule has 2 heterocycles. The largest absolute Gasteiger partial charge is 0.454 e. The molecule has 0 aromatic heterocycles. The first kappa shape index (κ1) is 13.8. The van der Waals surface area contributed by atoms with Gasteiger partial charge in [0.25, 0.3) is 5.91 Å². The first-order chi connectivity index (χ1) is 11.2. The summed E-state index contributed by atoms with van der Waals surface area (Å²) in [5, 5.41) is 3.33. The maximum Gasteiger partial charge on any atom is 0.281 e. The highest BCUT2D eigenvalue weighted by Crippen LogP contribution is 2.33. The highest BCUT2D eigenvalue weighted by Gasteiger charge is 2.31. The number of hydrogen-bond donors (Lipinski definition) is 1. The fourth-order valence-electron chi connectivity index (χ4n) is 2.52. The molecule has 1 saturated heterocycles. The molecular formula is C17H12N2O3S. The molecule has 0 atom stereocenters. The summed E-state index contributed by atoms with van der Waals surface area (Å²) in [4.78, 5) is 14.1. The van der Waals surface area contributed by atoms with Crippen LogP contribution in [0.2, 0.25) is 0 Å². The van der Waals surface area contributed by atoms with Crippen molar-refractivity contribution < 1.29 is 14.3 Å². The number of nitrogens with one attached hydrogen (secondary N) is 1. The summed E-state index contributed by atoms with van der Waals surface area (Å²) >= 11 is 5.28. The molecule has 0 saturated carbocycles. The number of carbonyl (C=O) groups excluding carboxylic acids is 1. The summed E-state index contributed by atoms with van der Waals surface area (Å²) in [6.07, 6.45) is 1.75. The van der Waals surface area contributed by atoms with Crippen molar-refractivity contribution in [2.75, 3.05) is 11.7 Å². The average molecular weight is 324 g/mol. The standard InChI is InChI=1S/C17H12N2O3S/c20-16-13(8-11-6-7-14-15(9-11)22-10-21-14)18-17(23)19(16)12-4-2-1-3-5-12/h1-9H,10H2,(H,18,23)/b13-8+. The third kappa shape index (κ3) is 2.43. The minimum atomic E-state index is -0.182. The molecule has 0 bridgehead atoms. The normalized spacial score (nSPS) is 17.7. The molecule has 0 spiro atoms. The molecule has 1 fully saturated rings. The zero-order chi connectivity index (χ0) is 15.8. The molecule has 23 heavy (non-hydrogen) atoms. The molecule has 0 aliphatic carbocycles. The highest BCUT2D eigenvalue weighted by molar-refractivity contribution is 7.80. The van der Waals surface area contributed by atoms with Gasteiger partial charge in [0.2, 0.25) is 6.79 Å².